The van der Waals surface area contributed by atoms with Crippen LogP contribution in [0.2, 0.25) is 0 Å². The van der Waals surface area contributed by atoms with Gasteiger partial charge in [0.25, 0.3) is 5.91 Å². The van der Waals surface area contributed by atoms with Gasteiger partial charge in [0, 0.05) is 37.1 Å². The lowest BCUT2D eigenvalue weighted by Crippen LogP contribution is -2.60. The van der Waals surface area contributed by atoms with Crippen LogP contribution in [-0.2, 0) is 11.2 Å². The molecular formula is C18H21NO3. The van der Waals surface area contributed by atoms with E-state index in [-0.39, 0.29) is 5.91 Å². The molecule has 0 radical (unpaired) electrons. The van der Waals surface area contributed by atoms with Gasteiger partial charge in [-0.05, 0) is 37.0 Å². The number of benzene rings is 1. The molecule has 0 saturated carbocycles. The highest BCUT2D eigenvalue weighted by Crippen LogP contribution is 2.40. The van der Waals surface area contributed by atoms with Crippen LogP contribution >= 0.6 is 0 Å². The van der Waals surface area contributed by atoms with Gasteiger partial charge in [-0.2, -0.15) is 0 Å². The summed E-state index contributed by atoms with van der Waals surface area (Å²) in [5, 5.41) is 0.942. The van der Waals surface area contributed by atoms with E-state index in [2.05, 4.69) is 19.1 Å². The summed E-state index contributed by atoms with van der Waals surface area (Å²) < 4.78 is 11.0. The fraction of sp³-hybridized carbons (Fsp3) is 0.500. The summed E-state index contributed by atoms with van der Waals surface area (Å²) >= 11 is 0. The van der Waals surface area contributed by atoms with E-state index in [0.717, 1.165) is 56.5 Å². The Morgan fingerprint density at radius 3 is 2.77 bits per heavy atom. The van der Waals surface area contributed by atoms with Crippen molar-refractivity contribution in [3.8, 4) is 0 Å². The normalized spacial score (nSPS) is 20.3. The summed E-state index contributed by atoms with van der Waals surface area (Å²) in [6, 6.07) is 6.10. The number of aryl methyl sites for hydroxylation is 1. The number of nitrogens with zero attached hydrogens (tertiary/aromatic N) is 1. The first-order valence-corrected chi connectivity index (χ1v) is 8.08. The molecule has 1 aromatic heterocycles. The van der Waals surface area contributed by atoms with Crippen LogP contribution in [0.1, 0.15) is 35.7 Å². The van der Waals surface area contributed by atoms with E-state index in [0.29, 0.717) is 11.0 Å². The minimum Gasteiger partial charge on any atom is -0.463 e. The Labute approximate surface area is 130 Å². The maximum absolute atomic E-state index is 12.8. The second-order valence-electron chi connectivity index (χ2n) is 6.61. The van der Waals surface area contributed by atoms with Crippen molar-refractivity contribution in [3.05, 3.63) is 35.6 Å². The Bertz CT molecular complexity index is 704. The van der Waals surface area contributed by atoms with Crippen LogP contribution in [0.5, 0.6) is 0 Å². The van der Waals surface area contributed by atoms with Crippen molar-refractivity contribution in [3.63, 3.8) is 0 Å². The van der Waals surface area contributed by atoms with Crippen molar-refractivity contribution >= 4 is 16.9 Å². The van der Waals surface area contributed by atoms with E-state index < -0.39 is 0 Å². The van der Waals surface area contributed by atoms with E-state index in [9.17, 15) is 4.79 Å². The maximum atomic E-state index is 12.8. The first kappa shape index (κ1) is 13.8. The molecule has 2 fully saturated rings. The molecule has 4 nitrogen and oxygen atoms in total. The van der Waals surface area contributed by atoms with E-state index in [4.69, 9.17) is 9.15 Å². The Balaban J connectivity index is 1.56. The fourth-order valence-corrected chi connectivity index (χ4v) is 3.66. The number of ether oxygens (including phenoxy) is 1. The van der Waals surface area contributed by atoms with Gasteiger partial charge in [0.15, 0.2) is 0 Å². The lowest BCUT2D eigenvalue weighted by Gasteiger charge is -2.52. The van der Waals surface area contributed by atoms with Crippen LogP contribution in [0, 0.1) is 5.41 Å². The average Bonchev–Trinajstić information content (AvgIpc) is 2.95. The zero-order valence-electron chi connectivity index (χ0n) is 12.9. The van der Waals surface area contributed by atoms with Crippen LogP contribution in [0.25, 0.3) is 11.0 Å². The third-order valence-electron chi connectivity index (χ3n) is 5.17. The molecule has 1 spiro atoms. The Morgan fingerprint density at radius 2 is 2.05 bits per heavy atom. The first-order chi connectivity index (χ1) is 10.7. The summed E-state index contributed by atoms with van der Waals surface area (Å²) in [6.45, 7) is 5.49. The predicted octanol–water partition coefficient (Wildman–Crippen LogP) is 3.25. The molecule has 1 amide bonds. The summed E-state index contributed by atoms with van der Waals surface area (Å²) in [6.07, 6.45) is 4.72. The van der Waals surface area contributed by atoms with Crippen molar-refractivity contribution in [1.82, 2.24) is 4.90 Å². The predicted molar refractivity (Wildman–Crippen MR) is 84.0 cm³/mol. The van der Waals surface area contributed by atoms with Crippen LogP contribution in [0.4, 0.5) is 0 Å². The number of amides is 1. The molecule has 2 aliphatic heterocycles. The van der Waals surface area contributed by atoms with E-state index >= 15 is 0 Å². The minimum atomic E-state index is 0.101. The zero-order valence-corrected chi connectivity index (χ0v) is 12.9. The Hall–Kier alpha value is -1.81. The molecule has 1 aromatic carbocycles. The van der Waals surface area contributed by atoms with Gasteiger partial charge in [-0.3, -0.25) is 4.79 Å². The van der Waals surface area contributed by atoms with Gasteiger partial charge < -0.3 is 14.1 Å². The minimum absolute atomic E-state index is 0.101. The Kier molecular flexibility index (Phi) is 3.22. The van der Waals surface area contributed by atoms with Crippen molar-refractivity contribution in [1.29, 1.82) is 0 Å². The van der Waals surface area contributed by atoms with Crippen LogP contribution < -0.4 is 0 Å². The van der Waals surface area contributed by atoms with Gasteiger partial charge in [-0.15, -0.1) is 0 Å². The monoisotopic (exact) mass is 299 g/mol. The number of carbonyl (C=O) groups excluding carboxylic acids is 1. The van der Waals surface area contributed by atoms with Gasteiger partial charge in [-0.25, -0.2) is 0 Å². The lowest BCUT2D eigenvalue weighted by molar-refractivity contribution is -0.0666. The number of carbonyl (C=O) groups is 1. The summed E-state index contributed by atoms with van der Waals surface area (Å²) in [5.41, 5.74) is 3.03. The average molecular weight is 299 g/mol. The molecule has 0 bridgehead atoms. The quantitative estimate of drug-likeness (QED) is 0.855. The topological polar surface area (TPSA) is 42.7 Å². The van der Waals surface area contributed by atoms with Crippen LogP contribution in [-0.4, -0.2) is 37.1 Å². The van der Waals surface area contributed by atoms with E-state index in [1.165, 1.54) is 5.56 Å². The third-order valence-corrected chi connectivity index (χ3v) is 5.17. The fourth-order valence-electron chi connectivity index (χ4n) is 3.66. The molecule has 2 saturated heterocycles. The molecule has 116 valence electrons. The summed E-state index contributed by atoms with van der Waals surface area (Å²) in [4.78, 5) is 14.7. The number of hydrogen-bond donors (Lipinski definition) is 0. The number of hydrogen-bond acceptors (Lipinski definition) is 3. The lowest BCUT2D eigenvalue weighted by atomic mass is 9.73. The smallest absolute Gasteiger partial charge is 0.257 e. The molecule has 3 heterocycles. The second-order valence-corrected chi connectivity index (χ2v) is 6.61. The van der Waals surface area contributed by atoms with Crippen molar-refractivity contribution in [2.24, 2.45) is 5.41 Å². The number of likely N-dealkylation sites (tertiary alicyclic amines) is 1. The largest absolute Gasteiger partial charge is 0.463 e. The molecular weight excluding hydrogens is 278 g/mol. The standard InChI is InChI=1S/C18H21NO3/c1-2-13-3-4-16-14(9-13)15(10-22-16)17(20)19-11-18(12-19)5-7-21-8-6-18/h3-4,9-10H,2,5-8,11-12H2,1H3. The molecule has 2 aliphatic rings. The third kappa shape index (κ3) is 2.13. The van der Waals surface area contributed by atoms with E-state index in [1.807, 2.05) is 11.0 Å². The van der Waals surface area contributed by atoms with Crippen LogP contribution in [0.15, 0.2) is 28.9 Å². The van der Waals surface area contributed by atoms with Crippen molar-refractivity contribution in [2.75, 3.05) is 26.3 Å². The SMILES string of the molecule is CCc1ccc2occ(C(=O)N3CC4(CCOCC4)C3)c2c1. The molecule has 4 rings (SSSR count). The first-order valence-electron chi connectivity index (χ1n) is 8.08. The molecule has 2 aromatic rings. The van der Waals surface area contributed by atoms with Gasteiger partial charge in [0.2, 0.25) is 0 Å². The molecule has 0 atom stereocenters. The summed E-state index contributed by atoms with van der Waals surface area (Å²) in [5.74, 6) is 0.101. The molecule has 22 heavy (non-hydrogen) atoms. The molecule has 0 N–H and O–H groups in total. The van der Waals surface area contributed by atoms with E-state index in [1.54, 1.807) is 6.26 Å². The molecule has 4 heteroatoms. The highest BCUT2D eigenvalue weighted by molar-refractivity contribution is 6.06. The number of fused-ring (bicyclic) bond motifs is 1. The van der Waals surface area contributed by atoms with Gasteiger partial charge in [0.1, 0.15) is 11.8 Å². The molecule has 0 aliphatic carbocycles. The van der Waals surface area contributed by atoms with Gasteiger partial charge in [-0.1, -0.05) is 13.0 Å². The highest BCUT2D eigenvalue weighted by Gasteiger charge is 2.46. The maximum Gasteiger partial charge on any atom is 0.257 e. The van der Waals surface area contributed by atoms with Crippen molar-refractivity contribution in [2.45, 2.75) is 26.2 Å². The zero-order chi connectivity index (χ0) is 15.2. The number of furan rings is 1. The van der Waals surface area contributed by atoms with Crippen molar-refractivity contribution < 1.29 is 13.9 Å². The van der Waals surface area contributed by atoms with Gasteiger partial charge in [0.05, 0.1) is 5.56 Å². The second kappa shape index (κ2) is 5.13. The summed E-state index contributed by atoms with van der Waals surface area (Å²) in [7, 11) is 0. The molecule has 0 unspecified atom stereocenters. The number of rotatable bonds is 2. The van der Waals surface area contributed by atoms with Gasteiger partial charge >= 0.3 is 0 Å². The Morgan fingerprint density at radius 1 is 1.27 bits per heavy atom. The van der Waals surface area contributed by atoms with Crippen LogP contribution in [0.3, 0.4) is 0 Å². The highest BCUT2D eigenvalue weighted by atomic mass is 16.5.